The molecule has 5 rings (SSSR count). The quantitative estimate of drug-likeness (QED) is 0.127. The van der Waals surface area contributed by atoms with Gasteiger partial charge < -0.3 is 36.3 Å². The van der Waals surface area contributed by atoms with Crippen molar-refractivity contribution in [2.75, 3.05) is 46.5 Å². The van der Waals surface area contributed by atoms with Gasteiger partial charge in [0, 0.05) is 26.1 Å². The first-order chi connectivity index (χ1) is 24.0. The number of nitrogens with zero attached hydrogens (tertiary/aromatic N) is 1. The lowest BCUT2D eigenvalue weighted by Crippen LogP contribution is -2.63. The second-order valence-corrected chi connectivity index (χ2v) is 15.1. The summed E-state index contributed by atoms with van der Waals surface area (Å²) in [6.07, 6.45) is 11.8. The van der Waals surface area contributed by atoms with Gasteiger partial charge in [-0.15, -0.1) is 0 Å². The van der Waals surface area contributed by atoms with E-state index in [2.05, 4.69) is 16.0 Å². The molecular weight excluding hydrogens is 642 g/mol. The zero-order chi connectivity index (χ0) is 35.7. The van der Waals surface area contributed by atoms with Crippen molar-refractivity contribution in [2.45, 2.75) is 114 Å². The molecule has 13 nitrogen and oxygen atoms in total. The van der Waals surface area contributed by atoms with E-state index in [1.807, 2.05) is 17.0 Å². The molecule has 0 aromatic heterocycles. The van der Waals surface area contributed by atoms with E-state index in [9.17, 15) is 19.5 Å². The van der Waals surface area contributed by atoms with Crippen LogP contribution >= 0.6 is 0 Å². The molecule has 0 bridgehead atoms. The molecule has 1 aromatic rings. The summed E-state index contributed by atoms with van der Waals surface area (Å²) in [5.41, 5.74) is 5.22. The van der Waals surface area contributed by atoms with Crippen LogP contribution in [0.25, 0.3) is 0 Å². The van der Waals surface area contributed by atoms with Crippen LogP contribution in [0.1, 0.15) is 83.6 Å². The topological polar surface area (TPSA) is 180 Å². The molecule has 13 heteroatoms. The highest BCUT2D eigenvalue weighted by Crippen LogP contribution is 2.47. The lowest BCUT2D eigenvalue weighted by atomic mass is 9.69. The highest BCUT2D eigenvalue weighted by atomic mass is 17.4. The summed E-state index contributed by atoms with van der Waals surface area (Å²) in [4.78, 5) is 53.5. The SMILES string of the molecule is COc1ccc(C[C@H](NC(=O)[C@H](C)NC(=O)CN2CCOCC2)C(=O)N[C@@H](CC2CCC(C3CCCCC3)CC2)C2([C@](C)(O)CN)OO2)cc1. The van der Waals surface area contributed by atoms with Gasteiger partial charge in [0.15, 0.2) is 0 Å². The number of carbonyl (C=O) groups is 3. The molecule has 280 valence electrons. The predicted octanol–water partition coefficient (Wildman–Crippen LogP) is 2.19. The number of nitrogens with one attached hydrogen (secondary N) is 3. The predicted molar refractivity (Wildman–Crippen MR) is 187 cm³/mol. The van der Waals surface area contributed by atoms with Crippen molar-refractivity contribution >= 4 is 17.7 Å². The summed E-state index contributed by atoms with van der Waals surface area (Å²) >= 11 is 0. The molecule has 4 atom stereocenters. The van der Waals surface area contributed by atoms with Gasteiger partial charge >= 0.3 is 0 Å². The van der Waals surface area contributed by atoms with E-state index in [0.29, 0.717) is 44.4 Å². The summed E-state index contributed by atoms with van der Waals surface area (Å²) < 4.78 is 10.7. The smallest absolute Gasteiger partial charge is 0.282 e. The molecule has 4 fully saturated rings. The summed E-state index contributed by atoms with van der Waals surface area (Å²) in [5, 5.41) is 20.1. The number of hydrogen-bond donors (Lipinski definition) is 5. The summed E-state index contributed by atoms with van der Waals surface area (Å²) in [6, 6.07) is 4.68. The minimum absolute atomic E-state index is 0.137. The van der Waals surface area contributed by atoms with Crippen LogP contribution in [-0.2, 0) is 35.3 Å². The van der Waals surface area contributed by atoms with Crippen LogP contribution in [0.5, 0.6) is 5.75 Å². The third-order valence-electron chi connectivity index (χ3n) is 11.4. The number of morpholine rings is 1. The summed E-state index contributed by atoms with van der Waals surface area (Å²) in [7, 11) is 1.58. The maximum Gasteiger partial charge on any atom is 0.282 e. The number of ether oxygens (including phenoxy) is 2. The van der Waals surface area contributed by atoms with Gasteiger partial charge in [-0.05, 0) is 68.6 Å². The Bertz CT molecular complexity index is 1250. The average Bonchev–Trinajstić information content (AvgIpc) is 3.95. The van der Waals surface area contributed by atoms with E-state index in [1.54, 1.807) is 33.1 Å². The normalized spacial score (nSPS) is 25.7. The Morgan fingerprint density at radius 2 is 1.60 bits per heavy atom. The highest BCUT2D eigenvalue weighted by molar-refractivity contribution is 5.92. The van der Waals surface area contributed by atoms with E-state index in [1.165, 1.54) is 32.1 Å². The van der Waals surface area contributed by atoms with Gasteiger partial charge in [-0.3, -0.25) is 19.3 Å². The van der Waals surface area contributed by atoms with Gasteiger partial charge in [-0.25, -0.2) is 0 Å². The number of aliphatic hydroxyl groups is 1. The average molecular weight is 702 g/mol. The van der Waals surface area contributed by atoms with Crippen LogP contribution in [0.4, 0.5) is 0 Å². The fourth-order valence-corrected chi connectivity index (χ4v) is 8.09. The Hall–Kier alpha value is -2.81. The molecule has 1 aromatic carbocycles. The third kappa shape index (κ3) is 9.95. The first-order valence-electron chi connectivity index (χ1n) is 18.7. The zero-order valence-corrected chi connectivity index (χ0v) is 30.1. The van der Waals surface area contributed by atoms with Gasteiger partial charge in [-0.2, -0.15) is 9.78 Å². The van der Waals surface area contributed by atoms with Crippen LogP contribution in [0.15, 0.2) is 24.3 Å². The number of nitrogens with two attached hydrogens (primary N) is 1. The van der Waals surface area contributed by atoms with E-state index < -0.39 is 41.3 Å². The van der Waals surface area contributed by atoms with Crippen molar-refractivity contribution in [3.8, 4) is 5.75 Å². The number of methoxy groups -OCH3 is 1. The number of benzene rings is 1. The zero-order valence-electron chi connectivity index (χ0n) is 30.1. The second-order valence-electron chi connectivity index (χ2n) is 15.1. The van der Waals surface area contributed by atoms with Gasteiger partial charge in [0.2, 0.25) is 17.7 Å². The molecule has 50 heavy (non-hydrogen) atoms. The first-order valence-corrected chi connectivity index (χ1v) is 18.7. The van der Waals surface area contributed by atoms with Gasteiger partial charge in [0.1, 0.15) is 23.4 Å². The summed E-state index contributed by atoms with van der Waals surface area (Å²) in [5.74, 6) is -0.201. The minimum atomic E-state index is -1.57. The van der Waals surface area contributed by atoms with Crippen molar-refractivity contribution in [1.82, 2.24) is 20.9 Å². The Balaban J connectivity index is 1.28. The van der Waals surface area contributed by atoms with Crippen molar-refractivity contribution in [3.63, 3.8) is 0 Å². The maximum atomic E-state index is 14.2. The molecular formula is C37H59N5O8. The molecule has 2 aliphatic carbocycles. The van der Waals surface area contributed by atoms with Gasteiger partial charge in [0.05, 0.1) is 32.9 Å². The van der Waals surface area contributed by atoms with Crippen LogP contribution in [0.2, 0.25) is 0 Å². The number of amides is 3. The van der Waals surface area contributed by atoms with Crippen molar-refractivity contribution in [1.29, 1.82) is 0 Å². The molecule has 6 N–H and O–H groups in total. The van der Waals surface area contributed by atoms with E-state index in [0.717, 1.165) is 43.1 Å². The van der Waals surface area contributed by atoms with Crippen LogP contribution in [0.3, 0.4) is 0 Å². The van der Waals surface area contributed by atoms with E-state index in [4.69, 9.17) is 25.0 Å². The number of hydrogen-bond acceptors (Lipinski definition) is 10. The van der Waals surface area contributed by atoms with Crippen LogP contribution in [0, 0.1) is 17.8 Å². The van der Waals surface area contributed by atoms with Crippen molar-refractivity contribution < 1.29 is 38.7 Å². The van der Waals surface area contributed by atoms with Crippen molar-refractivity contribution in [3.05, 3.63) is 29.8 Å². The standard InChI is InChI=1S/C37H59N5O8/c1-25(39-33(43)23-42-17-19-48-20-18-42)34(44)40-31(21-26-11-15-30(47-3)16-12-26)35(45)41-32(37(49-50-37)36(2,46)24-38)22-27-9-13-29(14-10-27)28-7-5-4-6-8-28/h11-12,15-16,25,27-29,31-32,46H,4-10,13-14,17-24,38H2,1-3H3,(H,39,43)(H,40,44)(H,41,45)/t25-,27?,29?,31-,32-,36+/m0/s1. The van der Waals surface area contributed by atoms with Crippen LogP contribution in [-0.4, -0.2) is 104 Å². The van der Waals surface area contributed by atoms with Gasteiger partial charge in [-0.1, -0.05) is 57.1 Å². The maximum absolute atomic E-state index is 14.2. The van der Waals surface area contributed by atoms with Gasteiger partial charge in [0.25, 0.3) is 5.79 Å². The largest absolute Gasteiger partial charge is 0.497 e. The van der Waals surface area contributed by atoms with Crippen molar-refractivity contribution in [2.24, 2.45) is 23.5 Å². The monoisotopic (exact) mass is 701 g/mol. The molecule has 2 heterocycles. The molecule has 0 radical (unpaired) electrons. The highest BCUT2D eigenvalue weighted by Gasteiger charge is 2.68. The van der Waals surface area contributed by atoms with Crippen LogP contribution < -0.4 is 26.4 Å². The summed E-state index contributed by atoms with van der Waals surface area (Å²) in [6.45, 7) is 5.59. The fraction of sp³-hybridized carbons (Fsp3) is 0.757. The molecule has 0 spiro atoms. The van der Waals surface area contributed by atoms with E-state index >= 15 is 0 Å². The lowest BCUT2D eigenvalue weighted by molar-refractivity contribution is -0.133. The Kier molecular flexibility index (Phi) is 13.5. The molecule has 0 unspecified atom stereocenters. The fourth-order valence-electron chi connectivity index (χ4n) is 8.09. The third-order valence-corrected chi connectivity index (χ3v) is 11.4. The number of carbonyl (C=O) groups excluding carboxylic acids is 3. The molecule has 4 aliphatic rings. The lowest BCUT2D eigenvalue weighted by Gasteiger charge is -2.38. The Morgan fingerprint density at radius 1 is 0.960 bits per heavy atom. The molecule has 3 amide bonds. The minimum Gasteiger partial charge on any atom is -0.497 e. The molecule has 2 saturated heterocycles. The number of rotatable bonds is 16. The second kappa shape index (κ2) is 17.6. The van der Waals surface area contributed by atoms with E-state index in [-0.39, 0.29) is 25.4 Å². The molecule has 2 saturated carbocycles. The first kappa shape index (κ1) is 38.4. The Morgan fingerprint density at radius 3 is 2.20 bits per heavy atom. The Labute approximate surface area is 296 Å². The molecule has 2 aliphatic heterocycles.